The molecule has 0 radical (unpaired) electrons. The number of hydrogen-bond donors (Lipinski definition) is 1. The smallest absolute Gasteiger partial charge is 0.0598 e. The SMILES string of the molecule is CNCCC12SCCC1CCN1CC=CC=C12. The molecule has 0 spiro atoms. The Hall–Kier alpha value is -0.410. The fourth-order valence-corrected chi connectivity index (χ4v) is 5.42. The summed E-state index contributed by atoms with van der Waals surface area (Å²) in [7, 11) is 2.07. The van der Waals surface area contributed by atoms with Crippen molar-refractivity contribution >= 4 is 11.8 Å². The van der Waals surface area contributed by atoms with Gasteiger partial charge in [0.2, 0.25) is 0 Å². The Bertz CT molecular complexity index is 350. The summed E-state index contributed by atoms with van der Waals surface area (Å²) in [5.41, 5.74) is 1.62. The first kappa shape index (κ1) is 11.7. The van der Waals surface area contributed by atoms with E-state index in [4.69, 9.17) is 0 Å². The molecule has 0 bridgehead atoms. The summed E-state index contributed by atoms with van der Waals surface area (Å²) in [6.07, 6.45) is 11.0. The van der Waals surface area contributed by atoms with Crippen LogP contribution in [0.15, 0.2) is 23.9 Å². The van der Waals surface area contributed by atoms with Crippen LogP contribution in [0.3, 0.4) is 0 Å². The van der Waals surface area contributed by atoms with Crippen LogP contribution in [-0.2, 0) is 0 Å². The molecule has 0 amide bonds. The zero-order valence-electron chi connectivity index (χ0n) is 10.6. The van der Waals surface area contributed by atoms with E-state index in [0.29, 0.717) is 4.75 Å². The third-order valence-corrected chi connectivity index (χ3v) is 6.17. The molecule has 0 aromatic carbocycles. The second kappa shape index (κ2) is 4.69. The van der Waals surface area contributed by atoms with Gasteiger partial charge in [0, 0.05) is 18.8 Å². The number of thioether (sulfide) groups is 1. The summed E-state index contributed by atoms with van der Waals surface area (Å²) in [6.45, 7) is 3.53. The molecule has 2 unspecified atom stereocenters. The van der Waals surface area contributed by atoms with E-state index >= 15 is 0 Å². The molecule has 2 saturated heterocycles. The van der Waals surface area contributed by atoms with Gasteiger partial charge in [0.1, 0.15) is 0 Å². The lowest BCUT2D eigenvalue weighted by Crippen LogP contribution is -2.49. The Morgan fingerprint density at radius 3 is 3.35 bits per heavy atom. The lowest BCUT2D eigenvalue weighted by atomic mass is 9.77. The van der Waals surface area contributed by atoms with Crippen LogP contribution in [0.2, 0.25) is 0 Å². The fourth-order valence-electron chi connectivity index (χ4n) is 3.59. The molecule has 17 heavy (non-hydrogen) atoms. The van der Waals surface area contributed by atoms with Crippen LogP contribution in [-0.4, -0.2) is 42.1 Å². The lowest BCUT2D eigenvalue weighted by molar-refractivity contribution is 0.208. The minimum absolute atomic E-state index is 0.423. The summed E-state index contributed by atoms with van der Waals surface area (Å²) >= 11 is 2.22. The van der Waals surface area contributed by atoms with E-state index in [-0.39, 0.29) is 0 Å². The van der Waals surface area contributed by atoms with E-state index in [1.807, 2.05) is 0 Å². The first-order valence-electron chi connectivity index (χ1n) is 6.77. The van der Waals surface area contributed by atoms with Crippen LogP contribution in [0.1, 0.15) is 19.3 Å². The van der Waals surface area contributed by atoms with Gasteiger partial charge >= 0.3 is 0 Å². The van der Waals surface area contributed by atoms with Crippen molar-refractivity contribution in [2.45, 2.75) is 24.0 Å². The van der Waals surface area contributed by atoms with E-state index in [0.717, 1.165) is 19.0 Å². The maximum atomic E-state index is 3.34. The monoisotopic (exact) mass is 250 g/mol. The molecule has 3 aliphatic rings. The highest BCUT2D eigenvalue weighted by Gasteiger charge is 2.50. The van der Waals surface area contributed by atoms with Crippen LogP contribution >= 0.6 is 11.8 Å². The first-order chi connectivity index (χ1) is 8.37. The molecule has 2 atom stereocenters. The Labute approximate surface area is 109 Å². The van der Waals surface area contributed by atoms with Gasteiger partial charge in [-0.05, 0) is 50.6 Å². The van der Waals surface area contributed by atoms with E-state index in [1.54, 1.807) is 5.70 Å². The van der Waals surface area contributed by atoms with Gasteiger partial charge in [-0.2, -0.15) is 0 Å². The third-order valence-electron chi connectivity index (χ3n) is 4.47. The third kappa shape index (κ3) is 1.84. The van der Waals surface area contributed by atoms with Crippen molar-refractivity contribution in [2.75, 3.05) is 32.4 Å². The quantitative estimate of drug-likeness (QED) is 0.827. The largest absolute Gasteiger partial charge is 0.370 e. The molecule has 2 nitrogen and oxygen atoms in total. The fraction of sp³-hybridized carbons (Fsp3) is 0.714. The Balaban J connectivity index is 1.92. The molecule has 3 heteroatoms. The Morgan fingerprint density at radius 1 is 1.53 bits per heavy atom. The molecular weight excluding hydrogens is 228 g/mol. The van der Waals surface area contributed by atoms with Gasteiger partial charge in [-0.3, -0.25) is 0 Å². The number of fused-ring (bicyclic) bond motifs is 3. The zero-order valence-corrected chi connectivity index (χ0v) is 11.4. The van der Waals surface area contributed by atoms with Gasteiger partial charge in [0.05, 0.1) is 4.75 Å². The maximum absolute atomic E-state index is 3.34. The number of hydrogen-bond acceptors (Lipinski definition) is 3. The minimum atomic E-state index is 0.423. The normalized spacial score (nSPS) is 35.5. The van der Waals surface area contributed by atoms with Gasteiger partial charge in [-0.25, -0.2) is 0 Å². The Kier molecular flexibility index (Phi) is 3.22. The minimum Gasteiger partial charge on any atom is -0.370 e. The second-order valence-corrected chi connectivity index (χ2v) is 6.72. The summed E-state index contributed by atoms with van der Waals surface area (Å²) < 4.78 is 0.423. The number of allylic oxidation sites excluding steroid dienone is 2. The highest BCUT2D eigenvalue weighted by atomic mass is 32.2. The van der Waals surface area contributed by atoms with Crippen molar-refractivity contribution in [3.05, 3.63) is 23.9 Å². The van der Waals surface area contributed by atoms with Crippen LogP contribution < -0.4 is 5.32 Å². The second-order valence-electron chi connectivity index (χ2n) is 5.29. The number of nitrogens with one attached hydrogen (secondary N) is 1. The molecule has 3 heterocycles. The van der Waals surface area contributed by atoms with Gasteiger partial charge < -0.3 is 10.2 Å². The molecule has 0 aromatic rings. The predicted molar refractivity (Wildman–Crippen MR) is 75.3 cm³/mol. The summed E-state index contributed by atoms with van der Waals surface area (Å²) in [6, 6.07) is 0. The molecule has 3 aliphatic heterocycles. The summed E-state index contributed by atoms with van der Waals surface area (Å²) in [4.78, 5) is 2.60. The molecule has 94 valence electrons. The van der Waals surface area contributed by atoms with E-state index in [2.05, 4.69) is 47.3 Å². The number of rotatable bonds is 3. The van der Waals surface area contributed by atoms with E-state index < -0.39 is 0 Å². The number of nitrogens with zero attached hydrogens (tertiary/aromatic N) is 1. The van der Waals surface area contributed by atoms with Crippen molar-refractivity contribution in [3.8, 4) is 0 Å². The average molecular weight is 250 g/mol. The molecule has 3 rings (SSSR count). The zero-order chi connectivity index (χ0) is 11.7. The van der Waals surface area contributed by atoms with Crippen molar-refractivity contribution < 1.29 is 0 Å². The van der Waals surface area contributed by atoms with Crippen molar-refractivity contribution in [1.29, 1.82) is 0 Å². The number of piperidine rings is 1. The first-order valence-corrected chi connectivity index (χ1v) is 7.76. The molecule has 0 aromatic heterocycles. The van der Waals surface area contributed by atoms with E-state index in [9.17, 15) is 0 Å². The van der Waals surface area contributed by atoms with Crippen LogP contribution in [0.25, 0.3) is 0 Å². The highest BCUT2D eigenvalue weighted by Crippen LogP contribution is 2.55. The molecule has 0 aliphatic carbocycles. The van der Waals surface area contributed by atoms with Gasteiger partial charge in [0.25, 0.3) is 0 Å². The van der Waals surface area contributed by atoms with Crippen molar-refractivity contribution in [3.63, 3.8) is 0 Å². The summed E-state index contributed by atoms with van der Waals surface area (Å²) in [5, 5.41) is 3.34. The van der Waals surface area contributed by atoms with Crippen molar-refractivity contribution in [1.82, 2.24) is 10.2 Å². The van der Waals surface area contributed by atoms with Crippen LogP contribution in [0.5, 0.6) is 0 Å². The topological polar surface area (TPSA) is 15.3 Å². The van der Waals surface area contributed by atoms with E-state index in [1.165, 1.54) is 31.6 Å². The molecular formula is C14H22N2S. The standard InChI is InChI=1S/C14H22N2S/c1-15-8-7-14-12(6-11-17-14)5-10-16-9-3-2-4-13(14)16/h2-4,12,15H,5-11H2,1H3. The average Bonchev–Trinajstić information content (AvgIpc) is 2.80. The Morgan fingerprint density at radius 2 is 2.47 bits per heavy atom. The maximum Gasteiger partial charge on any atom is 0.0598 e. The van der Waals surface area contributed by atoms with Crippen LogP contribution in [0, 0.1) is 5.92 Å². The highest BCUT2D eigenvalue weighted by molar-refractivity contribution is 8.01. The lowest BCUT2D eigenvalue weighted by Gasteiger charge is -2.48. The summed E-state index contributed by atoms with van der Waals surface area (Å²) in [5.74, 6) is 2.26. The molecule has 1 N–H and O–H groups in total. The molecule has 2 fully saturated rings. The van der Waals surface area contributed by atoms with Crippen LogP contribution in [0.4, 0.5) is 0 Å². The predicted octanol–water partition coefficient (Wildman–Crippen LogP) is 2.25. The van der Waals surface area contributed by atoms with Gasteiger partial charge in [0.15, 0.2) is 0 Å². The van der Waals surface area contributed by atoms with Gasteiger partial charge in [-0.1, -0.05) is 12.2 Å². The van der Waals surface area contributed by atoms with Gasteiger partial charge in [-0.15, -0.1) is 11.8 Å². The van der Waals surface area contributed by atoms with Crippen molar-refractivity contribution in [2.24, 2.45) is 5.92 Å². The molecule has 0 saturated carbocycles.